The maximum absolute atomic E-state index is 8.87. The van der Waals surface area contributed by atoms with Gasteiger partial charge in [0.25, 0.3) is 0 Å². The summed E-state index contributed by atoms with van der Waals surface area (Å²) in [5.41, 5.74) is 0. The first kappa shape index (κ1) is 13.8. The average Bonchev–Trinajstić information content (AvgIpc) is 1.52. The molecule has 0 saturated heterocycles. The molecule has 0 heterocycles. The predicted molar refractivity (Wildman–Crippen MR) is 45.2 cm³/mol. The predicted octanol–water partition coefficient (Wildman–Crippen LogP) is 0.296. The van der Waals surface area contributed by atoms with Gasteiger partial charge in [0.2, 0.25) is 0 Å². The normalized spacial score (nSPS) is 12.8. The Morgan fingerprint density at radius 1 is 1.33 bits per heavy atom. The number of aliphatic hydroxyl groups is 1. The van der Waals surface area contributed by atoms with Crippen LogP contribution in [0.4, 0.5) is 4.79 Å². The Balaban J connectivity index is 0. The molecule has 0 aliphatic carbocycles. The van der Waals surface area contributed by atoms with Gasteiger partial charge in [-0.3, -0.25) is 0 Å². The lowest BCUT2D eigenvalue weighted by Crippen LogP contribution is -2.40. The van der Waals surface area contributed by atoms with Gasteiger partial charge in [0.15, 0.2) is 0 Å². The molecule has 0 aromatic rings. The minimum Gasteiger partial charge on any atom is -0.450 e. The minimum atomic E-state index is -1.83. The zero-order valence-corrected chi connectivity index (χ0v) is 7.98. The lowest BCUT2D eigenvalue weighted by molar-refractivity contribution is -0.873. The van der Waals surface area contributed by atoms with Crippen LogP contribution in [-0.4, -0.2) is 59.7 Å². The molecular formula is C7H18NO4+. The zero-order valence-electron chi connectivity index (χ0n) is 7.98. The third kappa shape index (κ3) is 35.1. The van der Waals surface area contributed by atoms with Crippen molar-refractivity contribution in [3.8, 4) is 0 Å². The summed E-state index contributed by atoms with van der Waals surface area (Å²) < 4.78 is 0.831. The summed E-state index contributed by atoms with van der Waals surface area (Å²) in [6, 6.07) is 0. The quantitative estimate of drug-likeness (QED) is 0.534. The number of carboxylic acid groups (broad SMARTS) is 2. The fourth-order valence-corrected chi connectivity index (χ4v) is 0.793. The highest BCUT2D eigenvalue weighted by atomic mass is 16.6. The molecule has 0 aromatic heterocycles. The van der Waals surface area contributed by atoms with Gasteiger partial charge in [-0.1, -0.05) is 0 Å². The number of likely N-dealkylation sites (N-methyl/N-ethyl adjacent to an activating group) is 1. The van der Waals surface area contributed by atoms with Crippen molar-refractivity contribution in [1.82, 2.24) is 0 Å². The van der Waals surface area contributed by atoms with Crippen LogP contribution in [0.2, 0.25) is 0 Å². The second-order valence-electron chi connectivity index (χ2n) is 3.60. The van der Waals surface area contributed by atoms with Gasteiger partial charge in [0.05, 0.1) is 21.1 Å². The summed E-state index contributed by atoms with van der Waals surface area (Å²) in [7, 11) is 6.19. The molecule has 5 heteroatoms. The number of carbonyl (C=O) groups is 1. The summed E-state index contributed by atoms with van der Waals surface area (Å²) in [4.78, 5) is 8.56. The molecule has 74 valence electrons. The van der Waals surface area contributed by atoms with E-state index in [4.69, 9.17) is 20.1 Å². The van der Waals surface area contributed by atoms with E-state index in [0.29, 0.717) is 0 Å². The van der Waals surface area contributed by atoms with Gasteiger partial charge in [0, 0.05) is 0 Å². The molecule has 0 aliphatic heterocycles. The fraction of sp³-hybridized carbons (Fsp3) is 0.857. The molecule has 3 N–H and O–H groups in total. The van der Waals surface area contributed by atoms with E-state index in [1.807, 2.05) is 6.92 Å². The maximum atomic E-state index is 8.87. The molecule has 0 aromatic carbocycles. The molecule has 1 unspecified atom stereocenters. The SMILES string of the molecule is CC(O)C[N+](C)(C)C.O=C(O)O. The van der Waals surface area contributed by atoms with Crippen LogP contribution >= 0.6 is 0 Å². The van der Waals surface area contributed by atoms with Gasteiger partial charge in [-0.05, 0) is 6.92 Å². The largest absolute Gasteiger partial charge is 0.503 e. The second kappa shape index (κ2) is 5.79. The molecule has 0 rings (SSSR count). The molecule has 5 nitrogen and oxygen atoms in total. The summed E-state index contributed by atoms with van der Waals surface area (Å²) in [5.74, 6) is 0. The Bertz CT molecular complexity index is 124. The van der Waals surface area contributed by atoms with Crippen molar-refractivity contribution < 1.29 is 24.6 Å². The van der Waals surface area contributed by atoms with Crippen LogP contribution < -0.4 is 0 Å². The summed E-state index contributed by atoms with van der Waals surface area (Å²) in [6.45, 7) is 2.63. The smallest absolute Gasteiger partial charge is 0.450 e. The van der Waals surface area contributed by atoms with Crippen LogP contribution in [0.15, 0.2) is 0 Å². The van der Waals surface area contributed by atoms with E-state index in [1.54, 1.807) is 0 Å². The van der Waals surface area contributed by atoms with Crippen LogP contribution in [-0.2, 0) is 0 Å². The van der Waals surface area contributed by atoms with E-state index < -0.39 is 6.16 Å². The van der Waals surface area contributed by atoms with E-state index in [-0.39, 0.29) is 6.10 Å². The Kier molecular flexibility index (Phi) is 6.64. The van der Waals surface area contributed by atoms with Crippen LogP contribution in [0.1, 0.15) is 6.92 Å². The summed E-state index contributed by atoms with van der Waals surface area (Å²) >= 11 is 0. The molecule has 0 amide bonds. The van der Waals surface area contributed by atoms with Crippen molar-refractivity contribution in [2.24, 2.45) is 0 Å². The van der Waals surface area contributed by atoms with Crippen molar-refractivity contribution in [3.05, 3.63) is 0 Å². The van der Waals surface area contributed by atoms with Crippen LogP contribution in [0, 0.1) is 0 Å². The second-order valence-corrected chi connectivity index (χ2v) is 3.60. The summed E-state index contributed by atoms with van der Waals surface area (Å²) in [6.07, 6.45) is -2.02. The molecule has 1 atom stereocenters. The highest BCUT2D eigenvalue weighted by Gasteiger charge is 2.09. The van der Waals surface area contributed by atoms with Crippen LogP contribution in [0.25, 0.3) is 0 Å². The fourth-order valence-electron chi connectivity index (χ4n) is 0.793. The third-order valence-electron chi connectivity index (χ3n) is 0.812. The van der Waals surface area contributed by atoms with E-state index in [2.05, 4.69) is 21.1 Å². The Morgan fingerprint density at radius 2 is 1.58 bits per heavy atom. The molecule has 0 aliphatic rings. The van der Waals surface area contributed by atoms with Gasteiger partial charge in [-0.15, -0.1) is 0 Å². The van der Waals surface area contributed by atoms with Gasteiger partial charge < -0.3 is 19.8 Å². The van der Waals surface area contributed by atoms with E-state index in [1.165, 1.54) is 0 Å². The Labute approximate surface area is 72.4 Å². The van der Waals surface area contributed by atoms with E-state index in [9.17, 15) is 0 Å². The van der Waals surface area contributed by atoms with Gasteiger partial charge in [-0.2, -0.15) is 0 Å². The first-order valence-corrected chi connectivity index (χ1v) is 3.55. The van der Waals surface area contributed by atoms with E-state index >= 15 is 0 Å². The molecule has 0 saturated carbocycles. The van der Waals surface area contributed by atoms with Crippen molar-refractivity contribution in [1.29, 1.82) is 0 Å². The number of quaternary nitrogens is 1. The molecule has 0 radical (unpaired) electrons. The molecule has 0 fully saturated rings. The van der Waals surface area contributed by atoms with Crippen molar-refractivity contribution in [3.63, 3.8) is 0 Å². The van der Waals surface area contributed by atoms with Gasteiger partial charge in [-0.25, -0.2) is 4.79 Å². The van der Waals surface area contributed by atoms with Gasteiger partial charge in [0.1, 0.15) is 12.6 Å². The molecule has 12 heavy (non-hydrogen) atoms. The number of nitrogens with zero attached hydrogens (tertiary/aromatic N) is 1. The first-order valence-electron chi connectivity index (χ1n) is 3.55. The summed E-state index contributed by atoms with van der Waals surface area (Å²) in [5, 5.41) is 22.8. The average molecular weight is 180 g/mol. The van der Waals surface area contributed by atoms with Crippen LogP contribution in [0.5, 0.6) is 0 Å². The Morgan fingerprint density at radius 3 is 1.58 bits per heavy atom. The molecule has 0 spiro atoms. The first-order chi connectivity index (χ1) is 5.15. The van der Waals surface area contributed by atoms with Crippen molar-refractivity contribution in [2.45, 2.75) is 13.0 Å². The topological polar surface area (TPSA) is 77.8 Å². The minimum absolute atomic E-state index is 0.185. The number of hydrogen-bond donors (Lipinski definition) is 3. The number of aliphatic hydroxyl groups excluding tert-OH is 1. The molecule has 0 bridgehead atoms. The van der Waals surface area contributed by atoms with Crippen LogP contribution in [0.3, 0.4) is 0 Å². The third-order valence-corrected chi connectivity index (χ3v) is 0.812. The maximum Gasteiger partial charge on any atom is 0.503 e. The molecular weight excluding hydrogens is 162 g/mol. The highest BCUT2D eigenvalue weighted by Crippen LogP contribution is 1.92. The lowest BCUT2D eigenvalue weighted by atomic mass is 10.3. The Hall–Kier alpha value is -0.810. The standard InChI is InChI=1S/C6H16NO.CH2O3/c1-6(8)5-7(2,3)4;2-1(3)4/h6,8H,5H2,1-4H3;(H2,2,3,4)/q+1;. The monoisotopic (exact) mass is 180 g/mol. The highest BCUT2D eigenvalue weighted by molar-refractivity contribution is 5.53. The van der Waals surface area contributed by atoms with Crippen molar-refractivity contribution >= 4 is 6.16 Å². The number of hydrogen-bond acceptors (Lipinski definition) is 2. The zero-order chi connectivity index (χ0) is 10.4. The lowest BCUT2D eigenvalue weighted by Gasteiger charge is -2.24. The van der Waals surface area contributed by atoms with E-state index in [0.717, 1.165) is 11.0 Å². The van der Waals surface area contributed by atoms with Crippen molar-refractivity contribution in [2.75, 3.05) is 27.7 Å². The number of rotatable bonds is 2. The van der Waals surface area contributed by atoms with Gasteiger partial charge >= 0.3 is 6.16 Å².